The molecule has 0 saturated carbocycles. The number of aromatic nitrogens is 3. The second-order valence-electron chi connectivity index (χ2n) is 5.57. The van der Waals surface area contributed by atoms with Gasteiger partial charge in [0.05, 0.1) is 13.0 Å². The highest BCUT2D eigenvalue weighted by molar-refractivity contribution is 7.99. The molecule has 0 aliphatic heterocycles. The molecule has 0 aliphatic carbocycles. The van der Waals surface area contributed by atoms with Crippen LogP contribution in [0.4, 0.5) is 11.9 Å². The number of esters is 1. The summed E-state index contributed by atoms with van der Waals surface area (Å²) in [6.07, 6.45) is 8.23. The predicted octanol–water partition coefficient (Wildman–Crippen LogP) is 2.61. The van der Waals surface area contributed by atoms with Gasteiger partial charge in [0.15, 0.2) is 0 Å². The topological polar surface area (TPSA) is 117 Å². The Labute approximate surface area is 148 Å². The monoisotopic (exact) mass is 355 g/mol. The summed E-state index contributed by atoms with van der Waals surface area (Å²) in [5.74, 6) is 2.27. The van der Waals surface area contributed by atoms with Crippen molar-refractivity contribution in [2.45, 2.75) is 58.3 Å². The van der Waals surface area contributed by atoms with Crippen LogP contribution in [0.2, 0.25) is 0 Å². The van der Waals surface area contributed by atoms with Gasteiger partial charge in [-0.05, 0) is 6.42 Å². The fourth-order valence-corrected chi connectivity index (χ4v) is 2.97. The van der Waals surface area contributed by atoms with E-state index in [4.69, 9.17) is 16.2 Å². The first-order valence-corrected chi connectivity index (χ1v) is 9.76. The van der Waals surface area contributed by atoms with Gasteiger partial charge < -0.3 is 16.2 Å². The second kappa shape index (κ2) is 12.8. The molecule has 136 valence electrons. The zero-order valence-corrected chi connectivity index (χ0v) is 15.3. The number of nitrogens with two attached hydrogens (primary N) is 2. The molecule has 0 amide bonds. The molecule has 7 nitrogen and oxygen atoms in total. The van der Waals surface area contributed by atoms with E-state index >= 15 is 0 Å². The lowest BCUT2D eigenvalue weighted by atomic mass is 10.1. The van der Waals surface area contributed by atoms with E-state index in [1.807, 2.05) is 0 Å². The van der Waals surface area contributed by atoms with Crippen molar-refractivity contribution in [2.24, 2.45) is 0 Å². The number of unbranched alkanes of at least 4 members (excludes halogenated alkanes) is 5. The van der Waals surface area contributed by atoms with E-state index in [1.54, 1.807) is 11.8 Å². The van der Waals surface area contributed by atoms with Gasteiger partial charge in [-0.3, -0.25) is 4.79 Å². The lowest BCUT2D eigenvalue weighted by Crippen LogP contribution is -2.09. The Hall–Kier alpha value is -1.57. The van der Waals surface area contributed by atoms with Gasteiger partial charge in [0.25, 0.3) is 0 Å². The first kappa shape index (κ1) is 20.5. The van der Waals surface area contributed by atoms with Crippen LogP contribution in [-0.4, -0.2) is 39.0 Å². The maximum absolute atomic E-state index is 11.6. The Morgan fingerprint density at radius 3 is 2.38 bits per heavy atom. The molecule has 0 atom stereocenters. The number of nitrogens with zero attached hydrogens (tertiary/aromatic N) is 3. The average molecular weight is 356 g/mol. The van der Waals surface area contributed by atoms with Crippen LogP contribution in [0.5, 0.6) is 0 Å². The number of aryl methyl sites for hydroxylation is 1. The van der Waals surface area contributed by atoms with Crippen LogP contribution < -0.4 is 11.5 Å². The number of thioether (sulfide) groups is 1. The Morgan fingerprint density at radius 1 is 1.00 bits per heavy atom. The van der Waals surface area contributed by atoms with E-state index in [2.05, 4.69) is 21.9 Å². The molecule has 0 saturated heterocycles. The number of ether oxygens (including phenoxy) is 1. The molecule has 0 radical (unpaired) electrons. The van der Waals surface area contributed by atoms with Crippen molar-refractivity contribution in [1.29, 1.82) is 0 Å². The molecule has 0 fully saturated rings. The molecular formula is C16H29N5O2S. The van der Waals surface area contributed by atoms with Gasteiger partial charge >= 0.3 is 5.97 Å². The fourth-order valence-electron chi connectivity index (χ4n) is 2.13. The van der Waals surface area contributed by atoms with Gasteiger partial charge in [-0.15, -0.1) is 0 Å². The van der Waals surface area contributed by atoms with E-state index in [1.165, 1.54) is 25.7 Å². The molecule has 1 aromatic rings. The molecule has 0 unspecified atom stereocenters. The van der Waals surface area contributed by atoms with Gasteiger partial charge in [-0.2, -0.15) is 26.7 Å². The first-order valence-electron chi connectivity index (χ1n) is 8.61. The molecule has 0 spiro atoms. The van der Waals surface area contributed by atoms with Crippen molar-refractivity contribution in [1.82, 2.24) is 15.0 Å². The molecule has 4 N–H and O–H groups in total. The minimum Gasteiger partial charge on any atom is -0.466 e. The van der Waals surface area contributed by atoms with E-state index < -0.39 is 0 Å². The minimum atomic E-state index is -0.121. The normalized spacial score (nSPS) is 10.7. The van der Waals surface area contributed by atoms with Crippen LogP contribution in [0.15, 0.2) is 0 Å². The molecule has 24 heavy (non-hydrogen) atoms. The standard InChI is InChI=1S/C16H29N5O2S/c1-2-3-4-5-6-7-10-23-14(22)9-12-24-11-8-13-19-15(17)21-16(18)20-13/h2-12H2,1H3,(H4,17,18,19,20,21). The summed E-state index contributed by atoms with van der Waals surface area (Å²) >= 11 is 1.66. The van der Waals surface area contributed by atoms with Gasteiger partial charge in [0.1, 0.15) is 5.82 Å². The number of carbonyl (C=O) groups is 1. The third-order valence-electron chi connectivity index (χ3n) is 3.40. The van der Waals surface area contributed by atoms with Crippen LogP contribution >= 0.6 is 11.8 Å². The zero-order valence-electron chi connectivity index (χ0n) is 14.5. The Kier molecular flexibility index (Phi) is 10.9. The van der Waals surface area contributed by atoms with E-state index in [0.717, 1.165) is 24.3 Å². The van der Waals surface area contributed by atoms with Crippen LogP contribution in [-0.2, 0) is 16.0 Å². The van der Waals surface area contributed by atoms with Gasteiger partial charge in [-0.1, -0.05) is 39.0 Å². The second-order valence-corrected chi connectivity index (χ2v) is 6.79. The summed E-state index contributed by atoms with van der Waals surface area (Å²) in [4.78, 5) is 23.4. The molecule has 1 rings (SSSR count). The highest BCUT2D eigenvalue weighted by Crippen LogP contribution is 2.09. The maximum Gasteiger partial charge on any atom is 0.306 e. The third-order valence-corrected chi connectivity index (χ3v) is 4.38. The molecular weight excluding hydrogens is 326 g/mol. The van der Waals surface area contributed by atoms with Crippen molar-refractivity contribution in [3.63, 3.8) is 0 Å². The van der Waals surface area contributed by atoms with Crippen molar-refractivity contribution < 1.29 is 9.53 Å². The fraction of sp³-hybridized carbons (Fsp3) is 0.750. The van der Waals surface area contributed by atoms with E-state index in [-0.39, 0.29) is 17.9 Å². The van der Waals surface area contributed by atoms with Crippen LogP contribution in [0.3, 0.4) is 0 Å². The summed E-state index contributed by atoms with van der Waals surface area (Å²) in [7, 11) is 0. The molecule has 0 aliphatic rings. The number of carbonyl (C=O) groups excluding carboxylic acids is 1. The zero-order chi connectivity index (χ0) is 17.6. The smallest absolute Gasteiger partial charge is 0.306 e. The SMILES string of the molecule is CCCCCCCCOC(=O)CCSCCc1nc(N)nc(N)n1. The number of hydrogen-bond donors (Lipinski definition) is 2. The summed E-state index contributed by atoms with van der Waals surface area (Å²) in [6.45, 7) is 2.74. The Morgan fingerprint density at radius 2 is 1.67 bits per heavy atom. The lowest BCUT2D eigenvalue weighted by Gasteiger charge is -2.05. The van der Waals surface area contributed by atoms with Gasteiger partial charge in [0, 0.05) is 17.9 Å². The van der Waals surface area contributed by atoms with Crippen LogP contribution in [0.1, 0.15) is 57.7 Å². The first-order chi connectivity index (χ1) is 11.6. The number of anilines is 2. The summed E-state index contributed by atoms with van der Waals surface area (Å²) in [5, 5.41) is 0. The Balaban J connectivity index is 1.97. The lowest BCUT2D eigenvalue weighted by molar-refractivity contribution is -0.143. The average Bonchev–Trinajstić information content (AvgIpc) is 2.53. The summed E-state index contributed by atoms with van der Waals surface area (Å²) < 4.78 is 5.23. The maximum atomic E-state index is 11.6. The van der Waals surface area contributed by atoms with Crippen molar-refractivity contribution in [3.05, 3.63) is 5.82 Å². The quantitative estimate of drug-likeness (QED) is 0.409. The van der Waals surface area contributed by atoms with Crippen LogP contribution in [0.25, 0.3) is 0 Å². The molecule has 1 heterocycles. The summed E-state index contributed by atoms with van der Waals surface area (Å²) in [5.41, 5.74) is 11.0. The van der Waals surface area contributed by atoms with E-state index in [9.17, 15) is 4.79 Å². The third kappa shape index (κ3) is 10.3. The number of rotatable bonds is 13. The molecule has 0 bridgehead atoms. The number of nitrogen functional groups attached to an aromatic ring is 2. The minimum absolute atomic E-state index is 0.121. The van der Waals surface area contributed by atoms with E-state index in [0.29, 0.717) is 25.3 Å². The highest BCUT2D eigenvalue weighted by Gasteiger charge is 2.05. The van der Waals surface area contributed by atoms with Crippen LogP contribution in [0, 0.1) is 0 Å². The molecule has 0 aromatic carbocycles. The Bertz CT molecular complexity index is 467. The van der Waals surface area contributed by atoms with Crippen molar-refractivity contribution >= 4 is 29.6 Å². The van der Waals surface area contributed by atoms with Gasteiger partial charge in [0.2, 0.25) is 11.9 Å². The highest BCUT2D eigenvalue weighted by atomic mass is 32.2. The van der Waals surface area contributed by atoms with Crippen molar-refractivity contribution in [2.75, 3.05) is 29.6 Å². The largest absolute Gasteiger partial charge is 0.466 e. The van der Waals surface area contributed by atoms with Crippen molar-refractivity contribution in [3.8, 4) is 0 Å². The molecule has 1 aromatic heterocycles. The molecule has 8 heteroatoms. The summed E-state index contributed by atoms with van der Waals surface area (Å²) in [6, 6.07) is 0. The predicted molar refractivity (Wildman–Crippen MR) is 98.6 cm³/mol. The number of hydrogen-bond acceptors (Lipinski definition) is 8. The van der Waals surface area contributed by atoms with Gasteiger partial charge in [-0.25, -0.2) is 0 Å².